The minimum absolute atomic E-state index is 0.829. The van der Waals surface area contributed by atoms with E-state index in [-0.39, 0.29) is 0 Å². The quantitative estimate of drug-likeness (QED) is 0.501. The van der Waals surface area contributed by atoms with Crippen molar-refractivity contribution in [2.45, 2.75) is 32.1 Å². The second-order valence-corrected chi connectivity index (χ2v) is 5.71. The summed E-state index contributed by atoms with van der Waals surface area (Å²) in [5.41, 5.74) is 0. The molecule has 0 unspecified atom stereocenters. The normalized spacial score (nSPS) is 23.8. The third kappa shape index (κ3) is 4.60. The van der Waals surface area contributed by atoms with Crippen molar-refractivity contribution in [1.82, 2.24) is 9.80 Å². The first kappa shape index (κ1) is 12.7. The fraction of sp³-hybridized carbons (Fsp3) is 1.00. The Morgan fingerprint density at radius 3 is 2.19 bits per heavy atom. The summed E-state index contributed by atoms with van der Waals surface area (Å²) in [7, 11) is 0. The van der Waals surface area contributed by atoms with Gasteiger partial charge in [-0.25, -0.2) is 0 Å². The molecule has 2 nitrogen and oxygen atoms in total. The van der Waals surface area contributed by atoms with Crippen molar-refractivity contribution in [3.05, 3.63) is 0 Å². The van der Waals surface area contributed by atoms with E-state index in [4.69, 9.17) is 11.6 Å². The van der Waals surface area contributed by atoms with Crippen molar-refractivity contribution in [3.63, 3.8) is 0 Å². The Bertz CT molecular complexity index is 186. The van der Waals surface area contributed by atoms with Crippen LogP contribution < -0.4 is 0 Å². The molecule has 0 radical (unpaired) electrons. The van der Waals surface area contributed by atoms with Crippen molar-refractivity contribution in [3.8, 4) is 0 Å². The second kappa shape index (κ2) is 6.83. The molecule has 2 aliphatic rings. The van der Waals surface area contributed by atoms with Gasteiger partial charge in [-0.15, -0.1) is 11.6 Å². The van der Waals surface area contributed by atoms with Gasteiger partial charge in [-0.1, -0.05) is 6.42 Å². The minimum atomic E-state index is 0.829. The zero-order valence-corrected chi connectivity index (χ0v) is 11.1. The number of halogens is 1. The van der Waals surface area contributed by atoms with Crippen LogP contribution in [0.25, 0.3) is 0 Å². The predicted octanol–water partition coefficient (Wildman–Crippen LogP) is 2.42. The number of unbranched alkanes of at least 4 members (excludes halogenated alkanes) is 2. The lowest BCUT2D eigenvalue weighted by molar-refractivity contribution is 0.127. The summed E-state index contributed by atoms with van der Waals surface area (Å²) >= 11 is 5.68. The molecule has 1 saturated carbocycles. The summed E-state index contributed by atoms with van der Waals surface area (Å²) in [5, 5.41) is 0. The van der Waals surface area contributed by atoms with Gasteiger partial charge in [0.2, 0.25) is 0 Å². The summed E-state index contributed by atoms with van der Waals surface area (Å²) in [4.78, 5) is 5.28. The standard InChI is InChI=1S/C13H25ClN2/c14-6-2-1-3-7-15-8-10-16(11-9-15)12-13-4-5-13/h13H,1-12H2. The molecule has 0 N–H and O–H groups in total. The molecule has 0 aromatic carbocycles. The highest BCUT2D eigenvalue weighted by molar-refractivity contribution is 6.17. The van der Waals surface area contributed by atoms with Crippen molar-refractivity contribution in [2.75, 3.05) is 45.1 Å². The average Bonchev–Trinajstić information content (AvgIpc) is 3.11. The van der Waals surface area contributed by atoms with Gasteiger partial charge in [0, 0.05) is 38.6 Å². The minimum Gasteiger partial charge on any atom is -0.301 e. The van der Waals surface area contributed by atoms with Crippen LogP contribution in [0.2, 0.25) is 0 Å². The predicted molar refractivity (Wildman–Crippen MR) is 70.2 cm³/mol. The maximum Gasteiger partial charge on any atom is 0.0223 e. The largest absolute Gasteiger partial charge is 0.301 e. The van der Waals surface area contributed by atoms with E-state index in [0.29, 0.717) is 0 Å². The van der Waals surface area contributed by atoms with E-state index in [1.807, 2.05) is 0 Å². The number of rotatable bonds is 7. The topological polar surface area (TPSA) is 6.48 Å². The molecule has 0 aromatic rings. The lowest BCUT2D eigenvalue weighted by Crippen LogP contribution is -2.47. The summed E-state index contributed by atoms with van der Waals surface area (Å²) in [6.45, 7) is 7.83. The van der Waals surface area contributed by atoms with Crippen molar-refractivity contribution in [1.29, 1.82) is 0 Å². The van der Waals surface area contributed by atoms with Crippen LogP contribution in [0.1, 0.15) is 32.1 Å². The van der Waals surface area contributed by atoms with E-state index in [1.54, 1.807) is 0 Å². The highest BCUT2D eigenvalue weighted by atomic mass is 35.5. The maximum absolute atomic E-state index is 5.68. The Hall–Kier alpha value is 0.210. The van der Waals surface area contributed by atoms with Crippen LogP contribution >= 0.6 is 11.6 Å². The highest BCUT2D eigenvalue weighted by Gasteiger charge is 2.26. The van der Waals surface area contributed by atoms with Crippen molar-refractivity contribution in [2.24, 2.45) is 5.92 Å². The maximum atomic E-state index is 5.68. The molecule has 94 valence electrons. The smallest absolute Gasteiger partial charge is 0.0223 e. The monoisotopic (exact) mass is 244 g/mol. The first-order chi connectivity index (χ1) is 7.88. The van der Waals surface area contributed by atoms with Crippen LogP contribution in [0.3, 0.4) is 0 Å². The number of alkyl halides is 1. The van der Waals surface area contributed by atoms with Gasteiger partial charge in [-0.05, 0) is 38.1 Å². The Morgan fingerprint density at radius 1 is 0.875 bits per heavy atom. The molecule has 1 aliphatic carbocycles. The molecule has 3 heteroatoms. The van der Waals surface area contributed by atoms with E-state index < -0.39 is 0 Å². The number of hydrogen-bond donors (Lipinski definition) is 0. The van der Waals surface area contributed by atoms with Crippen LogP contribution in [-0.2, 0) is 0 Å². The first-order valence-electron chi connectivity index (χ1n) is 6.89. The molecular weight excluding hydrogens is 220 g/mol. The molecule has 2 fully saturated rings. The lowest BCUT2D eigenvalue weighted by atomic mass is 10.2. The van der Waals surface area contributed by atoms with Crippen LogP contribution in [-0.4, -0.2) is 54.9 Å². The van der Waals surface area contributed by atoms with E-state index in [1.165, 1.54) is 71.4 Å². The molecular formula is C13H25ClN2. The van der Waals surface area contributed by atoms with Crippen LogP contribution in [0.5, 0.6) is 0 Å². The summed E-state index contributed by atoms with van der Waals surface area (Å²) in [5.74, 6) is 1.88. The van der Waals surface area contributed by atoms with E-state index >= 15 is 0 Å². The van der Waals surface area contributed by atoms with Gasteiger partial charge < -0.3 is 9.80 Å². The molecule has 2 rings (SSSR count). The number of nitrogens with zero attached hydrogens (tertiary/aromatic N) is 2. The van der Waals surface area contributed by atoms with Gasteiger partial charge in [0.15, 0.2) is 0 Å². The van der Waals surface area contributed by atoms with Gasteiger partial charge >= 0.3 is 0 Å². The number of piperazine rings is 1. The van der Waals surface area contributed by atoms with Gasteiger partial charge in [0.05, 0.1) is 0 Å². The fourth-order valence-electron chi connectivity index (χ4n) is 2.47. The molecule has 0 atom stereocenters. The van der Waals surface area contributed by atoms with Gasteiger partial charge in [0.25, 0.3) is 0 Å². The zero-order chi connectivity index (χ0) is 11.2. The molecule has 16 heavy (non-hydrogen) atoms. The number of hydrogen-bond acceptors (Lipinski definition) is 2. The Labute approximate surface area is 105 Å². The van der Waals surface area contributed by atoms with Gasteiger partial charge in [-0.2, -0.15) is 0 Å². The average molecular weight is 245 g/mol. The SMILES string of the molecule is ClCCCCCN1CCN(CC2CC2)CC1. The summed E-state index contributed by atoms with van der Waals surface area (Å²) in [6, 6.07) is 0. The van der Waals surface area contributed by atoms with Gasteiger partial charge in [-0.3, -0.25) is 0 Å². The Kier molecular flexibility index (Phi) is 5.40. The second-order valence-electron chi connectivity index (χ2n) is 5.34. The molecule has 1 saturated heterocycles. The van der Waals surface area contributed by atoms with E-state index in [0.717, 1.165) is 11.8 Å². The first-order valence-corrected chi connectivity index (χ1v) is 7.42. The van der Waals surface area contributed by atoms with E-state index in [2.05, 4.69) is 9.80 Å². The third-order valence-corrected chi connectivity index (χ3v) is 4.05. The molecule has 0 amide bonds. The van der Waals surface area contributed by atoms with Crippen LogP contribution in [0.4, 0.5) is 0 Å². The molecule has 0 bridgehead atoms. The van der Waals surface area contributed by atoms with E-state index in [9.17, 15) is 0 Å². The fourth-order valence-corrected chi connectivity index (χ4v) is 2.66. The molecule has 0 aromatic heterocycles. The summed E-state index contributed by atoms with van der Waals surface area (Å²) < 4.78 is 0. The highest BCUT2D eigenvalue weighted by Crippen LogP contribution is 2.29. The summed E-state index contributed by atoms with van der Waals surface area (Å²) in [6.07, 6.45) is 6.78. The molecule has 0 spiro atoms. The lowest BCUT2D eigenvalue weighted by Gasteiger charge is -2.34. The van der Waals surface area contributed by atoms with Gasteiger partial charge in [0.1, 0.15) is 0 Å². The Balaban J connectivity index is 1.50. The van der Waals surface area contributed by atoms with Crippen molar-refractivity contribution < 1.29 is 0 Å². The van der Waals surface area contributed by atoms with Crippen LogP contribution in [0, 0.1) is 5.92 Å². The third-order valence-electron chi connectivity index (χ3n) is 3.79. The Morgan fingerprint density at radius 2 is 1.56 bits per heavy atom. The van der Waals surface area contributed by atoms with Crippen molar-refractivity contribution >= 4 is 11.6 Å². The molecule has 1 heterocycles. The molecule has 1 aliphatic heterocycles. The van der Waals surface area contributed by atoms with Crippen LogP contribution in [0.15, 0.2) is 0 Å². The zero-order valence-electron chi connectivity index (χ0n) is 10.3.